The fourth-order valence-corrected chi connectivity index (χ4v) is 2.44. The Bertz CT molecular complexity index is 613. The Hall–Kier alpha value is -2.41. The van der Waals surface area contributed by atoms with Crippen LogP contribution in [0.4, 0.5) is 16.2 Å². The maximum atomic E-state index is 11.9. The van der Waals surface area contributed by atoms with Crippen molar-refractivity contribution in [2.24, 2.45) is 0 Å². The summed E-state index contributed by atoms with van der Waals surface area (Å²) in [5.41, 5.74) is 0.0415. The fourth-order valence-electron chi connectivity index (χ4n) is 1.70. The van der Waals surface area contributed by atoms with Crippen molar-refractivity contribution in [3.05, 3.63) is 56.8 Å². The second kappa shape index (κ2) is 6.16. The topological polar surface area (TPSA) is 84.3 Å². The number of hydrogen-bond donors (Lipinski definition) is 2. The lowest BCUT2D eigenvalue weighted by atomic mass is 10.2. The van der Waals surface area contributed by atoms with Crippen LogP contribution in [0.3, 0.4) is 0 Å². The number of carbonyl (C=O) groups excluding carboxylic acids is 1. The van der Waals surface area contributed by atoms with Crippen LogP contribution in [0.1, 0.15) is 17.8 Å². The highest BCUT2D eigenvalue weighted by Crippen LogP contribution is 2.23. The summed E-state index contributed by atoms with van der Waals surface area (Å²) < 4.78 is 0. The zero-order chi connectivity index (χ0) is 14.5. The van der Waals surface area contributed by atoms with E-state index in [1.807, 2.05) is 24.4 Å². The van der Waals surface area contributed by atoms with Crippen LogP contribution in [-0.2, 0) is 0 Å². The normalized spacial score (nSPS) is 11.7. The largest absolute Gasteiger partial charge is 0.331 e. The van der Waals surface area contributed by atoms with Gasteiger partial charge in [-0.2, -0.15) is 0 Å². The van der Waals surface area contributed by atoms with Gasteiger partial charge in [0.15, 0.2) is 0 Å². The molecule has 0 fully saturated rings. The Labute approximate surface area is 119 Å². The van der Waals surface area contributed by atoms with E-state index in [0.29, 0.717) is 0 Å². The third-order valence-electron chi connectivity index (χ3n) is 2.67. The highest BCUT2D eigenvalue weighted by Gasteiger charge is 2.16. The number of benzene rings is 1. The molecule has 0 aliphatic carbocycles. The van der Waals surface area contributed by atoms with E-state index in [9.17, 15) is 14.9 Å². The maximum absolute atomic E-state index is 11.9. The molecule has 1 heterocycles. The second-order valence-corrected chi connectivity index (χ2v) is 5.09. The minimum atomic E-state index is -0.529. The summed E-state index contributed by atoms with van der Waals surface area (Å²) in [5, 5.41) is 18.0. The van der Waals surface area contributed by atoms with Crippen molar-refractivity contribution in [3.63, 3.8) is 0 Å². The molecule has 104 valence electrons. The van der Waals surface area contributed by atoms with E-state index in [4.69, 9.17) is 0 Å². The van der Waals surface area contributed by atoms with E-state index in [1.54, 1.807) is 12.1 Å². The standard InChI is InChI=1S/C13H13N3O3S/c1-9(12-7-4-8-20-12)14-13(17)15-10-5-2-3-6-11(10)16(18)19/h2-9H,1H3,(H2,14,15,17). The molecule has 2 amide bonds. The summed E-state index contributed by atoms with van der Waals surface area (Å²) in [6, 6.07) is 9.21. The van der Waals surface area contributed by atoms with Crippen molar-refractivity contribution in [1.82, 2.24) is 5.32 Å². The zero-order valence-electron chi connectivity index (χ0n) is 10.7. The highest BCUT2D eigenvalue weighted by molar-refractivity contribution is 7.10. The highest BCUT2D eigenvalue weighted by atomic mass is 32.1. The van der Waals surface area contributed by atoms with Gasteiger partial charge in [-0.05, 0) is 24.4 Å². The van der Waals surface area contributed by atoms with Gasteiger partial charge in [-0.25, -0.2) is 4.79 Å². The molecule has 0 radical (unpaired) electrons. The minimum absolute atomic E-state index is 0.133. The predicted octanol–water partition coefficient (Wildman–Crippen LogP) is 3.54. The summed E-state index contributed by atoms with van der Waals surface area (Å²) in [7, 11) is 0. The molecule has 0 aliphatic rings. The van der Waals surface area contributed by atoms with E-state index in [1.165, 1.54) is 23.5 Å². The molecule has 7 heteroatoms. The minimum Gasteiger partial charge on any atom is -0.331 e. The van der Waals surface area contributed by atoms with Gasteiger partial charge in [0.05, 0.1) is 11.0 Å². The third-order valence-corrected chi connectivity index (χ3v) is 3.72. The Morgan fingerprint density at radius 1 is 1.30 bits per heavy atom. The SMILES string of the molecule is CC(NC(=O)Nc1ccccc1[N+](=O)[O-])c1cccs1. The molecular formula is C13H13N3O3S. The molecule has 2 N–H and O–H groups in total. The van der Waals surface area contributed by atoms with Gasteiger partial charge < -0.3 is 10.6 Å². The number of anilines is 1. The lowest BCUT2D eigenvalue weighted by Crippen LogP contribution is -2.30. The summed E-state index contributed by atoms with van der Waals surface area (Å²) in [6.07, 6.45) is 0. The number of nitrogens with zero attached hydrogens (tertiary/aromatic N) is 1. The molecule has 0 bridgehead atoms. The van der Waals surface area contributed by atoms with Crippen molar-refractivity contribution < 1.29 is 9.72 Å². The summed E-state index contributed by atoms with van der Waals surface area (Å²) in [5.74, 6) is 0. The first kappa shape index (κ1) is 14.0. The van der Waals surface area contributed by atoms with E-state index < -0.39 is 11.0 Å². The van der Waals surface area contributed by atoms with E-state index in [0.717, 1.165) is 4.88 Å². The van der Waals surface area contributed by atoms with Crippen LogP contribution in [-0.4, -0.2) is 11.0 Å². The zero-order valence-corrected chi connectivity index (χ0v) is 11.5. The van der Waals surface area contributed by atoms with E-state index >= 15 is 0 Å². The van der Waals surface area contributed by atoms with E-state index in [-0.39, 0.29) is 17.4 Å². The summed E-state index contributed by atoms with van der Waals surface area (Å²) in [4.78, 5) is 23.2. The summed E-state index contributed by atoms with van der Waals surface area (Å²) >= 11 is 1.54. The smallest absolute Gasteiger partial charge is 0.319 e. The average molecular weight is 291 g/mol. The first-order valence-corrected chi connectivity index (χ1v) is 6.80. The van der Waals surface area contributed by atoms with Crippen LogP contribution < -0.4 is 10.6 Å². The van der Waals surface area contributed by atoms with Crippen LogP contribution in [0.25, 0.3) is 0 Å². The molecule has 2 rings (SSSR count). The maximum Gasteiger partial charge on any atom is 0.319 e. The number of rotatable bonds is 4. The quantitative estimate of drug-likeness (QED) is 0.667. The van der Waals surface area contributed by atoms with Gasteiger partial charge >= 0.3 is 6.03 Å². The molecule has 1 atom stereocenters. The molecule has 0 aliphatic heterocycles. The van der Waals surface area contributed by atoms with Crippen LogP contribution in [0, 0.1) is 10.1 Å². The number of hydrogen-bond acceptors (Lipinski definition) is 4. The lowest BCUT2D eigenvalue weighted by molar-refractivity contribution is -0.383. The lowest BCUT2D eigenvalue weighted by Gasteiger charge is -2.13. The van der Waals surface area contributed by atoms with Gasteiger partial charge in [0, 0.05) is 10.9 Å². The molecule has 2 aromatic rings. The molecule has 20 heavy (non-hydrogen) atoms. The number of nitro groups is 1. The Morgan fingerprint density at radius 3 is 2.70 bits per heavy atom. The Balaban J connectivity index is 2.03. The van der Waals surface area contributed by atoms with Crippen LogP contribution in [0.5, 0.6) is 0 Å². The molecule has 0 saturated heterocycles. The monoisotopic (exact) mass is 291 g/mol. The Morgan fingerprint density at radius 2 is 2.05 bits per heavy atom. The van der Waals surface area contributed by atoms with Gasteiger partial charge in [-0.1, -0.05) is 18.2 Å². The van der Waals surface area contributed by atoms with Crippen LogP contribution >= 0.6 is 11.3 Å². The molecule has 1 aromatic carbocycles. The molecule has 0 saturated carbocycles. The van der Waals surface area contributed by atoms with Gasteiger partial charge in [0.1, 0.15) is 5.69 Å². The molecular weight excluding hydrogens is 278 g/mol. The molecule has 1 unspecified atom stereocenters. The number of nitrogens with one attached hydrogen (secondary N) is 2. The fraction of sp³-hybridized carbons (Fsp3) is 0.154. The summed E-state index contributed by atoms with van der Waals surface area (Å²) in [6.45, 7) is 1.85. The second-order valence-electron chi connectivity index (χ2n) is 4.11. The van der Waals surface area contributed by atoms with Crippen molar-refractivity contribution >= 4 is 28.7 Å². The van der Waals surface area contributed by atoms with Crippen LogP contribution in [0.2, 0.25) is 0 Å². The number of para-hydroxylation sites is 2. The third kappa shape index (κ3) is 3.33. The number of urea groups is 1. The van der Waals surface area contributed by atoms with Gasteiger partial charge in [0.25, 0.3) is 5.69 Å². The molecule has 6 nitrogen and oxygen atoms in total. The number of nitro benzene ring substituents is 1. The van der Waals surface area contributed by atoms with Gasteiger partial charge in [-0.3, -0.25) is 10.1 Å². The van der Waals surface area contributed by atoms with Gasteiger partial charge in [0.2, 0.25) is 0 Å². The first-order chi connectivity index (χ1) is 9.58. The molecule has 1 aromatic heterocycles. The van der Waals surface area contributed by atoms with Crippen molar-refractivity contribution in [2.45, 2.75) is 13.0 Å². The van der Waals surface area contributed by atoms with Crippen LogP contribution in [0.15, 0.2) is 41.8 Å². The van der Waals surface area contributed by atoms with Crippen molar-refractivity contribution in [2.75, 3.05) is 5.32 Å². The van der Waals surface area contributed by atoms with Gasteiger partial charge in [-0.15, -0.1) is 11.3 Å². The van der Waals surface area contributed by atoms with Crippen molar-refractivity contribution in [1.29, 1.82) is 0 Å². The number of thiophene rings is 1. The average Bonchev–Trinajstić information content (AvgIpc) is 2.92. The van der Waals surface area contributed by atoms with Crippen molar-refractivity contribution in [3.8, 4) is 0 Å². The molecule has 0 spiro atoms. The van der Waals surface area contributed by atoms with E-state index in [2.05, 4.69) is 10.6 Å². The number of carbonyl (C=O) groups is 1. The Kier molecular flexibility index (Phi) is 4.31. The first-order valence-electron chi connectivity index (χ1n) is 5.92. The number of amides is 2. The predicted molar refractivity (Wildman–Crippen MR) is 78.0 cm³/mol.